The zero-order chi connectivity index (χ0) is 14.6. The van der Waals surface area contributed by atoms with Gasteiger partial charge in [-0.15, -0.1) is 0 Å². The Bertz CT molecular complexity index is 457. The molecule has 1 N–H and O–H groups in total. The van der Waals surface area contributed by atoms with Crippen molar-refractivity contribution in [3.63, 3.8) is 0 Å². The second-order valence-corrected chi connectivity index (χ2v) is 8.28. The standard InChI is InChI=1S/C14H18Br2ClNO/c1-14(2,3)7-9(15)8-18-13(19)11-6-10(17)4-5-12(11)16/h4-6,9H,7-8H2,1-3H3,(H,18,19). The molecule has 106 valence electrons. The summed E-state index contributed by atoms with van der Waals surface area (Å²) in [5.74, 6) is -0.118. The summed E-state index contributed by atoms with van der Waals surface area (Å²) in [7, 11) is 0. The molecule has 5 heteroatoms. The molecule has 1 atom stereocenters. The summed E-state index contributed by atoms with van der Waals surface area (Å²) in [4.78, 5) is 12.3. The average Bonchev–Trinajstić information content (AvgIpc) is 2.27. The van der Waals surface area contributed by atoms with Gasteiger partial charge in [-0.1, -0.05) is 48.3 Å². The van der Waals surface area contributed by atoms with E-state index in [9.17, 15) is 4.79 Å². The predicted molar refractivity (Wildman–Crippen MR) is 88.3 cm³/mol. The number of rotatable bonds is 4. The SMILES string of the molecule is CC(C)(C)CC(Br)CNC(=O)c1cc(Cl)ccc1Br. The van der Waals surface area contributed by atoms with Crippen molar-refractivity contribution in [2.75, 3.05) is 6.54 Å². The van der Waals surface area contributed by atoms with Crippen molar-refractivity contribution >= 4 is 49.4 Å². The van der Waals surface area contributed by atoms with Crippen LogP contribution in [0.4, 0.5) is 0 Å². The van der Waals surface area contributed by atoms with Crippen molar-refractivity contribution in [3.8, 4) is 0 Å². The molecule has 1 unspecified atom stereocenters. The fraction of sp³-hybridized carbons (Fsp3) is 0.500. The number of nitrogens with one attached hydrogen (secondary N) is 1. The Morgan fingerprint density at radius 2 is 2.05 bits per heavy atom. The molecule has 1 aromatic rings. The van der Waals surface area contributed by atoms with E-state index >= 15 is 0 Å². The first-order valence-electron chi connectivity index (χ1n) is 6.06. The molecule has 1 amide bonds. The highest BCUT2D eigenvalue weighted by Crippen LogP contribution is 2.25. The van der Waals surface area contributed by atoms with Crippen LogP contribution in [0.25, 0.3) is 0 Å². The maximum absolute atomic E-state index is 12.1. The molecular formula is C14H18Br2ClNO. The Morgan fingerprint density at radius 1 is 1.42 bits per heavy atom. The zero-order valence-electron chi connectivity index (χ0n) is 11.3. The summed E-state index contributed by atoms with van der Waals surface area (Å²) in [5.41, 5.74) is 0.790. The molecule has 0 saturated carbocycles. The molecule has 0 spiro atoms. The van der Waals surface area contributed by atoms with E-state index in [2.05, 4.69) is 57.9 Å². The smallest absolute Gasteiger partial charge is 0.252 e. The highest BCUT2D eigenvalue weighted by atomic mass is 79.9. The van der Waals surface area contributed by atoms with Crippen LogP contribution in [0.5, 0.6) is 0 Å². The van der Waals surface area contributed by atoms with Gasteiger partial charge in [0.05, 0.1) is 5.56 Å². The summed E-state index contributed by atoms with van der Waals surface area (Å²) < 4.78 is 0.747. The number of carbonyl (C=O) groups is 1. The molecule has 0 fully saturated rings. The minimum absolute atomic E-state index is 0.118. The lowest BCUT2D eigenvalue weighted by molar-refractivity contribution is 0.0951. The summed E-state index contributed by atoms with van der Waals surface area (Å²) in [6.07, 6.45) is 0.990. The Balaban J connectivity index is 2.58. The Kier molecular flexibility index (Phi) is 6.34. The second-order valence-electron chi connectivity index (χ2n) is 5.70. The third kappa shape index (κ3) is 6.28. The molecule has 1 rings (SSSR count). The van der Waals surface area contributed by atoms with E-state index in [1.807, 2.05) is 0 Å². The largest absolute Gasteiger partial charge is 0.351 e. The Labute approximate surface area is 136 Å². The van der Waals surface area contributed by atoms with E-state index in [1.54, 1.807) is 18.2 Å². The van der Waals surface area contributed by atoms with Gasteiger partial charge in [0.1, 0.15) is 0 Å². The number of halogens is 3. The highest BCUT2D eigenvalue weighted by molar-refractivity contribution is 9.10. The van der Waals surface area contributed by atoms with Crippen LogP contribution < -0.4 is 5.32 Å². The lowest BCUT2D eigenvalue weighted by atomic mass is 9.90. The fourth-order valence-electron chi connectivity index (χ4n) is 1.71. The van der Waals surface area contributed by atoms with Crippen LogP contribution in [0.2, 0.25) is 5.02 Å². The van der Waals surface area contributed by atoms with Gasteiger partial charge in [-0.2, -0.15) is 0 Å². The highest BCUT2D eigenvalue weighted by Gasteiger charge is 2.18. The van der Waals surface area contributed by atoms with Crippen molar-refractivity contribution < 1.29 is 4.79 Å². The van der Waals surface area contributed by atoms with E-state index in [4.69, 9.17) is 11.6 Å². The van der Waals surface area contributed by atoms with E-state index in [-0.39, 0.29) is 16.1 Å². The Hall–Kier alpha value is -0.0600. The molecule has 0 saturated heterocycles. The number of hydrogen-bond acceptors (Lipinski definition) is 1. The van der Waals surface area contributed by atoms with Gasteiger partial charge >= 0.3 is 0 Å². The summed E-state index contributed by atoms with van der Waals surface area (Å²) in [5, 5.41) is 3.47. The van der Waals surface area contributed by atoms with E-state index in [1.165, 1.54) is 0 Å². The van der Waals surface area contributed by atoms with Gasteiger partial charge in [-0.25, -0.2) is 0 Å². The van der Waals surface area contributed by atoms with Gasteiger partial charge in [0.25, 0.3) is 5.91 Å². The van der Waals surface area contributed by atoms with Crippen LogP contribution in [0, 0.1) is 5.41 Å². The molecular weight excluding hydrogens is 393 g/mol. The van der Waals surface area contributed by atoms with Gasteiger partial charge in [0.2, 0.25) is 0 Å². The molecule has 0 aliphatic heterocycles. The van der Waals surface area contributed by atoms with Gasteiger partial charge < -0.3 is 5.32 Å². The van der Waals surface area contributed by atoms with Crippen molar-refractivity contribution in [1.29, 1.82) is 0 Å². The van der Waals surface area contributed by atoms with Crippen molar-refractivity contribution in [2.24, 2.45) is 5.41 Å². The minimum Gasteiger partial charge on any atom is -0.351 e. The number of benzene rings is 1. The van der Waals surface area contributed by atoms with Crippen LogP contribution in [0.1, 0.15) is 37.6 Å². The minimum atomic E-state index is -0.118. The molecule has 1 aromatic carbocycles. The van der Waals surface area contributed by atoms with E-state index < -0.39 is 0 Å². The van der Waals surface area contributed by atoms with Crippen LogP contribution >= 0.6 is 43.5 Å². The Morgan fingerprint density at radius 3 is 2.63 bits per heavy atom. The van der Waals surface area contributed by atoms with Crippen LogP contribution in [-0.4, -0.2) is 17.3 Å². The van der Waals surface area contributed by atoms with Gasteiger partial charge in [-0.3, -0.25) is 4.79 Å². The van der Waals surface area contributed by atoms with Crippen LogP contribution in [0.3, 0.4) is 0 Å². The molecule has 0 aliphatic rings. The molecule has 2 nitrogen and oxygen atoms in total. The van der Waals surface area contributed by atoms with Crippen molar-refractivity contribution in [1.82, 2.24) is 5.32 Å². The monoisotopic (exact) mass is 409 g/mol. The fourth-order valence-corrected chi connectivity index (χ4v) is 3.44. The van der Waals surface area contributed by atoms with Gasteiger partial charge in [0.15, 0.2) is 0 Å². The predicted octanol–water partition coefficient (Wildman–Crippen LogP) is 5.03. The maximum atomic E-state index is 12.1. The number of alkyl halides is 1. The van der Waals surface area contributed by atoms with Gasteiger partial charge in [0, 0.05) is 20.9 Å². The van der Waals surface area contributed by atoms with Crippen molar-refractivity contribution in [3.05, 3.63) is 33.3 Å². The zero-order valence-corrected chi connectivity index (χ0v) is 15.2. The third-order valence-corrected chi connectivity index (χ3v) is 4.07. The first-order valence-corrected chi connectivity index (χ1v) is 8.15. The van der Waals surface area contributed by atoms with Crippen LogP contribution in [0.15, 0.2) is 22.7 Å². The summed E-state index contributed by atoms with van der Waals surface area (Å²) in [6, 6.07) is 5.18. The van der Waals surface area contributed by atoms with Gasteiger partial charge in [-0.05, 0) is 46.0 Å². The maximum Gasteiger partial charge on any atom is 0.252 e. The topological polar surface area (TPSA) is 29.1 Å². The normalized spacial score (nSPS) is 13.2. The molecule has 0 aromatic heterocycles. The molecule has 0 bridgehead atoms. The van der Waals surface area contributed by atoms with Crippen molar-refractivity contribution in [2.45, 2.75) is 32.0 Å². The molecule has 0 aliphatic carbocycles. The average molecular weight is 412 g/mol. The summed E-state index contributed by atoms with van der Waals surface area (Å²) in [6.45, 7) is 7.12. The number of hydrogen-bond donors (Lipinski definition) is 1. The van der Waals surface area contributed by atoms with E-state index in [0.717, 1.165) is 10.9 Å². The molecule has 19 heavy (non-hydrogen) atoms. The first kappa shape index (κ1) is 17.0. The second kappa shape index (κ2) is 7.09. The summed E-state index contributed by atoms with van der Waals surface area (Å²) >= 11 is 12.9. The lowest BCUT2D eigenvalue weighted by Gasteiger charge is -2.22. The molecule has 0 radical (unpaired) electrons. The van der Waals surface area contributed by atoms with Crippen LogP contribution in [-0.2, 0) is 0 Å². The van der Waals surface area contributed by atoms with E-state index in [0.29, 0.717) is 17.1 Å². The lowest BCUT2D eigenvalue weighted by Crippen LogP contribution is -2.31. The first-order chi connectivity index (χ1) is 8.69. The molecule has 0 heterocycles. The number of carbonyl (C=O) groups excluding carboxylic acids is 1. The number of amides is 1. The quantitative estimate of drug-likeness (QED) is 0.692. The third-order valence-electron chi connectivity index (χ3n) is 2.49.